The Bertz CT molecular complexity index is 1610. The van der Waals surface area contributed by atoms with Crippen molar-refractivity contribution in [1.29, 1.82) is 5.26 Å². The van der Waals surface area contributed by atoms with Crippen molar-refractivity contribution in [2.24, 2.45) is 0 Å². The van der Waals surface area contributed by atoms with E-state index in [2.05, 4.69) is 5.32 Å². The van der Waals surface area contributed by atoms with Crippen LogP contribution in [-0.2, 0) is 4.79 Å². The van der Waals surface area contributed by atoms with Gasteiger partial charge in [-0.25, -0.2) is 4.68 Å². The van der Waals surface area contributed by atoms with Crippen LogP contribution in [0.3, 0.4) is 0 Å². The highest BCUT2D eigenvalue weighted by Gasteiger charge is 2.16. The Labute approximate surface area is 208 Å². The smallest absolute Gasteiger partial charge is 0.266 e. The second-order valence-corrected chi connectivity index (χ2v) is 8.13. The van der Waals surface area contributed by atoms with Crippen molar-refractivity contribution in [2.75, 3.05) is 12.4 Å². The molecule has 174 valence electrons. The van der Waals surface area contributed by atoms with E-state index in [1.807, 2.05) is 109 Å². The zero-order valence-electron chi connectivity index (χ0n) is 19.6. The normalized spacial score (nSPS) is 11.2. The Morgan fingerprint density at radius 1 is 0.944 bits per heavy atom. The molecule has 6 heteroatoms. The summed E-state index contributed by atoms with van der Waals surface area (Å²) >= 11 is 0. The van der Waals surface area contributed by atoms with Gasteiger partial charge >= 0.3 is 0 Å². The van der Waals surface area contributed by atoms with Gasteiger partial charge in [-0.15, -0.1) is 0 Å². The predicted molar refractivity (Wildman–Crippen MR) is 142 cm³/mol. The van der Waals surface area contributed by atoms with Crippen LogP contribution >= 0.6 is 0 Å². The molecule has 1 amide bonds. The van der Waals surface area contributed by atoms with E-state index in [0.717, 1.165) is 27.8 Å². The summed E-state index contributed by atoms with van der Waals surface area (Å²) < 4.78 is 7.01. The number of benzene rings is 4. The molecule has 0 aliphatic carbocycles. The number of carbonyl (C=O) groups excluding carboxylic acids is 1. The number of hydrogen-bond donors (Lipinski definition) is 1. The highest BCUT2D eigenvalue weighted by atomic mass is 16.5. The fraction of sp³-hybridized carbons (Fsp3) is 0.0333. The maximum atomic E-state index is 13.0. The summed E-state index contributed by atoms with van der Waals surface area (Å²) in [4.78, 5) is 13.0. The summed E-state index contributed by atoms with van der Waals surface area (Å²) in [5, 5.41) is 19.5. The second-order valence-electron chi connectivity index (χ2n) is 8.13. The molecule has 0 fully saturated rings. The lowest BCUT2D eigenvalue weighted by molar-refractivity contribution is -0.112. The molecular formula is C30H22N4O2. The molecule has 0 unspecified atom stereocenters. The Kier molecular flexibility index (Phi) is 6.29. The van der Waals surface area contributed by atoms with Gasteiger partial charge in [-0.05, 0) is 65.4 Å². The topological polar surface area (TPSA) is 79.9 Å². The van der Waals surface area contributed by atoms with Gasteiger partial charge in [-0.3, -0.25) is 4.79 Å². The number of rotatable bonds is 6. The predicted octanol–water partition coefficient (Wildman–Crippen LogP) is 6.25. The van der Waals surface area contributed by atoms with Crippen molar-refractivity contribution in [3.63, 3.8) is 0 Å². The van der Waals surface area contributed by atoms with Crippen LogP contribution in [0.4, 0.5) is 5.69 Å². The van der Waals surface area contributed by atoms with E-state index >= 15 is 0 Å². The van der Waals surface area contributed by atoms with Crippen molar-refractivity contribution in [3.05, 3.63) is 114 Å². The molecule has 0 aliphatic heterocycles. The maximum Gasteiger partial charge on any atom is 0.266 e. The molecule has 5 rings (SSSR count). The molecule has 0 spiro atoms. The molecule has 0 atom stereocenters. The van der Waals surface area contributed by atoms with Crippen LogP contribution in [0.5, 0.6) is 5.75 Å². The lowest BCUT2D eigenvalue weighted by Crippen LogP contribution is -2.13. The minimum Gasteiger partial charge on any atom is -0.497 e. The van der Waals surface area contributed by atoms with Crippen LogP contribution in [0.1, 0.15) is 5.56 Å². The van der Waals surface area contributed by atoms with Crippen LogP contribution < -0.4 is 10.1 Å². The van der Waals surface area contributed by atoms with Gasteiger partial charge in [0.05, 0.1) is 18.5 Å². The Balaban J connectivity index is 1.51. The maximum absolute atomic E-state index is 13.0. The van der Waals surface area contributed by atoms with Gasteiger partial charge in [0.2, 0.25) is 0 Å². The molecule has 0 bridgehead atoms. The number of carbonyl (C=O) groups is 1. The van der Waals surface area contributed by atoms with Crippen molar-refractivity contribution >= 4 is 28.4 Å². The number of nitrogens with zero attached hydrogens (tertiary/aromatic N) is 3. The van der Waals surface area contributed by atoms with Gasteiger partial charge in [0, 0.05) is 23.0 Å². The van der Waals surface area contributed by atoms with Gasteiger partial charge in [0.25, 0.3) is 5.91 Å². The lowest BCUT2D eigenvalue weighted by Gasteiger charge is -2.06. The molecule has 0 saturated carbocycles. The minimum absolute atomic E-state index is 0.0227. The summed E-state index contributed by atoms with van der Waals surface area (Å²) in [6, 6.07) is 32.8. The third-order valence-corrected chi connectivity index (χ3v) is 5.80. The molecule has 0 aliphatic rings. The SMILES string of the molecule is COc1ccc(-c2nn(-c3ccccc3)cc2/C=C(\C#N)C(=O)Nc2ccc3ccccc3c2)cc1. The fourth-order valence-corrected chi connectivity index (χ4v) is 3.95. The first-order valence-corrected chi connectivity index (χ1v) is 11.4. The molecule has 4 aromatic carbocycles. The van der Waals surface area contributed by atoms with E-state index < -0.39 is 5.91 Å². The highest BCUT2D eigenvalue weighted by molar-refractivity contribution is 6.10. The Morgan fingerprint density at radius 2 is 1.67 bits per heavy atom. The van der Waals surface area contributed by atoms with E-state index in [9.17, 15) is 10.1 Å². The van der Waals surface area contributed by atoms with Crippen LogP contribution in [0, 0.1) is 11.3 Å². The molecule has 6 nitrogen and oxygen atoms in total. The van der Waals surface area contributed by atoms with Gasteiger partial charge in [0.15, 0.2) is 0 Å². The summed E-state index contributed by atoms with van der Waals surface area (Å²) in [6.07, 6.45) is 3.39. The average molecular weight is 471 g/mol. The molecule has 1 N–H and O–H groups in total. The van der Waals surface area contributed by atoms with E-state index in [-0.39, 0.29) is 5.57 Å². The molecule has 36 heavy (non-hydrogen) atoms. The van der Waals surface area contributed by atoms with Gasteiger partial charge in [-0.2, -0.15) is 10.4 Å². The van der Waals surface area contributed by atoms with Gasteiger partial charge < -0.3 is 10.1 Å². The zero-order valence-corrected chi connectivity index (χ0v) is 19.6. The number of ether oxygens (including phenoxy) is 1. The third kappa shape index (κ3) is 4.72. The first-order valence-electron chi connectivity index (χ1n) is 11.4. The van der Waals surface area contributed by atoms with E-state index in [1.54, 1.807) is 17.9 Å². The summed E-state index contributed by atoms with van der Waals surface area (Å²) in [5.74, 6) is 0.242. The second kappa shape index (κ2) is 10.00. The van der Waals surface area contributed by atoms with Crippen LogP contribution in [0.2, 0.25) is 0 Å². The van der Waals surface area contributed by atoms with Crippen molar-refractivity contribution in [2.45, 2.75) is 0 Å². The quantitative estimate of drug-likeness (QED) is 0.235. The van der Waals surface area contributed by atoms with Crippen LogP contribution in [0.15, 0.2) is 109 Å². The average Bonchev–Trinajstić information content (AvgIpc) is 3.36. The number of amides is 1. The molecule has 1 heterocycles. The van der Waals surface area contributed by atoms with Gasteiger partial charge in [-0.1, -0.05) is 48.5 Å². The number of anilines is 1. The first-order chi connectivity index (χ1) is 17.6. The zero-order chi connectivity index (χ0) is 24.9. The van der Waals surface area contributed by atoms with Crippen molar-refractivity contribution in [1.82, 2.24) is 9.78 Å². The summed E-state index contributed by atoms with van der Waals surface area (Å²) in [5.41, 5.74) is 3.60. The van der Waals surface area contributed by atoms with Crippen LogP contribution in [0.25, 0.3) is 33.8 Å². The van der Waals surface area contributed by atoms with E-state index in [1.165, 1.54) is 0 Å². The number of aromatic nitrogens is 2. The molecule has 0 saturated heterocycles. The number of methoxy groups -OCH3 is 1. The number of hydrogen-bond acceptors (Lipinski definition) is 4. The largest absolute Gasteiger partial charge is 0.497 e. The lowest BCUT2D eigenvalue weighted by atomic mass is 10.1. The first kappa shape index (κ1) is 22.6. The number of fused-ring (bicyclic) bond motifs is 1. The highest BCUT2D eigenvalue weighted by Crippen LogP contribution is 2.28. The Hall–Kier alpha value is -5.15. The minimum atomic E-state index is -0.485. The molecule has 5 aromatic rings. The third-order valence-electron chi connectivity index (χ3n) is 5.80. The standard InChI is InChI=1S/C30H22N4O2/c1-36-28-15-12-22(13-16-28)29-25(20-34(33-29)27-9-3-2-4-10-27)17-24(19-31)30(35)32-26-14-11-21-7-5-6-8-23(21)18-26/h2-18,20H,1H3,(H,32,35)/b24-17+. The van der Waals surface area contributed by atoms with Crippen molar-refractivity contribution in [3.8, 4) is 28.8 Å². The summed E-state index contributed by atoms with van der Waals surface area (Å²) in [7, 11) is 1.61. The number of para-hydroxylation sites is 1. The molecule has 0 radical (unpaired) electrons. The summed E-state index contributed by atoms with van der Waals surface area (Å²) in [6.45, 7) is 0. The van der Waals surface area contributed by atoms with Crippen LogP contribution in [-0.4, -0.2) is 22.8 Å². The Morgan fingerprint density at radius 3 is 2.39 bits per heavy atom. The van der Waals surface area contributed by atoms with Crippen molar-refractivity contribution < 1.29 is 9.53 Å². The number of nitrogens with one attached hydrogen (secondary N) is 1. The van der Waals surface area contributed by atoms with E-state index in [4.69, 9.17) is 9.84 Å². The van der Waals surface area contributed by atoms with E-state index in [0.29, 0.717) is 16.9 Å². The molecular weight excluding hydrogens is 448 g/mol. The fourth-order valence-electron chi connectivity index (χ4n) is 3.95. The number of nitriles is 1. The monoisotopic (exact) mass is 470 g/mol. The van der Waals surface area contributed by atoms with Gasteiger partial charge in [0.1, 0.15) is 17.4 Å². The molecule has 1 aromatic heterocycles.